The predicted molar refractivity (Wildman–Crippen MR) is 58.4 cm³/mol. The molecule has 0 aliphatic rings. The van der Waals surface area contributed by atoms with Crippen LogP contribution in [0, 0.1) is 0 Å². The largest absolute Gasteiger partial charge is 0.314 e. The van der Waals surface area contributed by atoms with Crippen LogP contribution < -0.4 is 0 Å². The molecule has 0 atom stereocenters. The van der Waals surface area contributed by atoms with Gasteiger partial charge in [0.15, 0.2) is 0 Å². The maximum Gasteiger partial charge on any atom is 0.0488 e. The molecule has 78 valence electrons. The van der Waals surface area contributed by atoms with E-state index in [2.05, 4.69) is 38.1 Å². The lowest BCUT2D eigenvalue weighted by Gasteiger charge is -2.12. The molecule has 0 saturated carbocycles. The van der Waals surface area contributed by atoms with E-state index in [0.29, 0.717) is 19.0 Å². The topological polar surface area (TPSA) is 23.5 Å². The zero-order valence-electron chi connectivity index (χ0n) is 9.20. The first-order chi connectivity index (χ1) is 6.63. The van der Waals surface area contributed by atoms with Gasteiger partial charge in [-0.3, -0.25) is 0 Å². The molecule has 0 heterocycles. The van der Waals surface area contributed by atoms with Crippen molar-refractivity contribution in [1.82, 2.24) is 5.06 Å². The quantitative estimate of drug-likeness (QED) is 0.743. The van der Waals surface area contributed by atoms with Crippen LogP contribution in [0.4, 0.5) is 0 Å². The van der Waals surface area contributed by atoms with Crippen molar-refractivity contribution in [1.29, 1.82) is 0 Å². The van der Waals surface area contributed by atoms with Crippen molar-refractivity contribution in [2.45, 2.75) is 33.2 Å². The van der Waals surface area contributed by atoms with E-state index < -0.39 is 0 Å². The Morgan fingerprint density at radius 2 is 1.79 bits per heavy atom. The Kier molecular flexibility index (Phi) is 4.11. The van der Waals surface area contributed by atoms with Crippen LogP contribution >= 0.6 is 0 Å². The Balaban J connectivity index is 2.64. The molecule has 1 aromatic rings. The molecule has 0 bridgehead atoms. The van der Waals surface area contributed by atoms with Crippen molar-refractivity contribution in [3.05, 3.63) is 35.4 Å². The highest BCUT2D eigenvalue weighted by Gasteiger charge is 2.01. The zero-order valence-corrected chi connectivity index (χ0v) is 9.20. The smallest absolute Gasteiger partial charge is 0.0488 e. The maximum atomic E-state index is 9.32. The van der Waals surface area contributed by atoms with E-state index in [4.69, 9.17) is 0 Å². The highest BCUT2D eigenvalue weighted by atomic mass is 16.5. The molecular formula is C12H19NO. The predicted octanol–water partition coefficient (Wildman–Crippen LogP) is 3.02. The van der Waals surface area contributed by atoms with Gasteiger partial charge in [-0.25, -0.2) is 0 Å². The SMILES string of the molecule is CCN(O)Cc1ccc(C(C)C)cc1. The Bertz CT molecular complexity index is 266. The molecule has 0 aliphatic carbocycles. The molecule has 0 unspecified atom stereocenters. The van der Waals surface area contributed by atoms with Crippen LogP contribution in [0.5, 0.6) is 0 Å². The summed E-state index contributed by atoms with van der Waals surface area (Å²) >= 11 is 0. The lowest BCUT2D eigenvalue weighted by Crippen LogP contribution is -2.17. The highest BCUT2D eigenvalue weighted by Crippen LogP contribution is 2.15. The fourth-order valence-electron chi connectivity index (χ4n) is 1.33. The van der Waals surface area contributed by atoms with Gasteiger partial charge in [-0.1, -0.05) is 45.0 Å². The minimum Gasteiger partial charge on any atom is -0.314 e. The average Bonchev–Trinajstić information content (AvgIpc) is 2.18. The summed E-state index contributed by atoms with van der Waals surface area (Å²) in [6, 6.07) is 8.41. The van der Waals surface area contributed by atoms with E-state index in [1.165, 1.54) is 10.6 Å². The first-order valence-electron chi connectivity index (χ1n) is 5.16. The summed E-state index contributed by atoms with van der Waals surface area (Å²) < 4.78 is 0. The number of rotatable bonds is 4. The third-order valence-corrected chi connectivity index (χ3v) is 2.38. The Hall–Kier alpha value is -0.860. The number of hydrogen-bond donors (Lipinski definition) is 1. The van der Waals surface area contributed by atoms with Gasteiger partial charge in [0.25, 0.3) is 0 Å². The summed E-state index contributed by atoms with van der Waals surface area (Å²) in [5.41, 5.74) is 2.49. The summed E-state index contributed by atoms with van der Waals surface area (Å²) in [5, 5.41) is 10.6. The molecule has 0 aromatic heterocycles. The minimum absolute atomic E-state index is 0.570. The number of nitrogens with zero attached hydrogens (tertiary/aromatic N) is 1. The average molecular weight is 193 g/mol. The van der Waals surface area contributed by atoms with Crippen LogP contribution in [-0.4, -0.2) is 16.8 Å². The molecule has 0 spiro atoms. The van der Waals surface area contributed by atoms with Crippen LogP contribution in [0.25, 0.3) is 0 Å². The monoisotopic (exact) mass is 193 g/mol. The van der Waals surface area contributed by atoms with E-state index in [1.807, 2.05) is 6.92 Å². The third-order valence-electron chi connectivity index (χ3n) is 2.38. The summed E-state index contributed by atoms with van der Waals surface area (Å²) in [5.74, 6) is 0.570. The molecular weight excluding hydrogens is 174 g/mol. The van der Waals surface area contributed by atoms with Crippen molar-refractivity contribution in [2.75, 3.05) is 6.54 Å². The Morgan fingerprint density at radius 1 is 1.21 bits per heavy atom. The second-order valence-corrected chi connectivity index (χ2v) is 3.88. The van der Waals surface area contributed by atoms with Crippen molar-refractivity contribution in [3.63, 3.8) is 0 Å². The molecule has 0 aliphatic heterocycles. The van der Waals surface area contributed by atoms with E-state index in [0.717, 1.165) is 5.56 Å². The van der Waals surface area contributed by atoms with Gasteiger partial charge in [0, 0.05) is 13.1 Å². The highest BCUT2D eigenvalue weighted by molar-refractivity contribution is 5.24. The number of hydroxylamine groups is 2. The first kappa shape index (κ1) is 11.2. The van der Waals surface area contributed by atoms with Gasteiger partial charge in [0.2, 0.25) is 0 Å². The van der Waals surface area contributed by atoms with Crippen molar-refractivity contribution in [3.8, 4) is 0 Å². The van der Waals surface area contributed by atoms with E-state index in [-0.39, 0.29) is 0 Å². The fraction of sp³-hybridized carbons (Fsp3) is 0.500. The minimum atomic E-state index is 0.570. The molecule has 0 radical (unpaired) electrons. The van der Waals surface area contributed by atoms with Crippen LogP contribution in [0.2, 0.25) is 0 Å². The molecule has 0 amide bonds. The summed E-state index contributed by atoms with van der Waals surface area (Å²) in [7, 11) is 0. The summed E-state index contributed by atoms with van der Waals surface area (Å²) in [6.45, 7) is 7.56. The molecule has 0 fully saturated rings. The van der Waals surface area contributed by atoms with Gasteiger partial charge in [-0.05, 0) is 17.0 Å². The zero-order chi connectivity index (χ0) is 10.6. The standard InChI is InChI=1S/C12H19NO/c1-4-13(14)9-11-5-7-12(8-6-11)10(2)3/h5-8,10,14H,4,9H2,1-3H3. The van der Waals surface area contributed by atoms with Crippen molar-refractivity contribution in [2.24, 2.45) is 0 Å². The van der Waals surface area contributed by atoms with Gasteiger partial charge >= 0.3 is 0 Å². The maximum absolute atomic E-state index is 9.32. The van der Waals surface area contributed by atoms with Crippen LogP contribution in [0.3, 0.4) is 0 Å². The van der Waals surface area contributed by atoms with Gasteiger partial charge in [-0.2, -0.15) is 5.06 Å². The van der Waals surface area contributed by atoms with E-state index in [1.54, 1.807) is 0 Å². The summed E-state index contributed by atoms with van der Waals surface area (Å²) in [4.78, 5) is 0. The Morgan fingerprint density at radius 3 is 2.21 bits per heavy atom. The van der Waals surface area contributed by atoms with Crippen LogP contribution in [-0.2, 0) is 6.54 Å². The fourth-order valence-corrected chi connectivity index (χ4v) is 1.33. The van der Waals surface area contributed by atoms with Crippen LogP contribution in [0.15, 0.2) is 24.3 Å². The van der Waals surface area contributed by atoms with Gasteiger partial charge < -0.3 is 5.21 Å². The number of hydrogen-bond acceptors (Lipinski definition) is 2. The van der Waals surface area contributed by atoms with E-state index >= 15 is 0 Å². The first-order valence-corrected chi connectivity index (χ1v) is 5.16. The van der Waals surface area contributed by atoms with E-state index in [9.17, 15) is 5.21 Å². The molecule has 1 rings (SSSR count). The third kappa shape index (κ3) is 3.13. The lowest BCUT2D eigenvalue weighted by molar-refractivity contribution is -0.0946. The molecule has 2 nitrogen and oxygen atoms in total. The second kappa shape index (κ2) is 5.13. The molecule has 14 heavy (non-hydrogen) atoms. The number of benzene rings is 1. The van der Waals surface area contributed by atoms with Crippen molar-refractivity contribution >= 4 is 0 Å². The van der Waals surface area contributed by atoms with Gasteiger partial charge in [-0.15, -0.1) is 0 Å². The second-order valence-electron chi connectivity index (χ2n) is 3.88. The summed E-state index contributed by atoms with van der Waals surface area (Å²) in [6.07, 6.45) is 0. The molecule has 2 heteroatoms. The lowest BCUT2D eigenvalue weighted by atomic mass is 10.0. The normalized spacial score (nSPS) is 11.3. The van der Waals surface area contributed by atoms with Gasteiger partial charge in [0.05, 0.1) is 0 Å². The Labute approximate surface area is 86.1 Å². The van der Waals surface area contributed by atoms with Gasteiger partial charge in [0.1, 0.15) is 0 Å². The molecule has 1 N–H and O–H groups in total. The molecule has 1 aromatic carbocycles. The van der Waals surface area contributed by atoms with Crippen molar-refractivity contribution < 1.29 is 5.21 Å². The molecule has 0 saturated heterocycles. The van der Waals surface area contributed by atoms with Crippen LogP contribution in [0.1, 0.15) is 37.8 Å².